The van der Waals surface area contributed by atoms with Crippen molar-refractivity contribution in [2.45, 2.75) is 19.1 Å². The first-order valence-corrected chi connectivity index (χ1v) is 6.42. The maximum Gasteiger partial charge on any atom is 0.253 e. The summed E-state index contributed by atoms with van der Waals surface area (Å²) in [4.78, 5) is 15.2. The van der Waals surface area contributed by atoms with E-state index in [9.17, 15) is 4.79 Å². The first-order valence-electron chi connectivity index (χ1n) is 6.42. The van der Waals surface area contributed by atoms with Crippen LogP contribution in [0.1, 0.15) is 16.1 Å². The molecule has 0 spiro atoms. The summed E-state index contributed by atoms with van der Waals surface area (Å²) in [5.74, 6) is 0.512. The fraction of sp³-hybridized carbons (Fsp3) is 0.385. The van der Waals surface area contributed by atoms with Crippen molar-refractivity contribution in [2.24, 2.45) is 0 Å². The van der Waals surface area contributed by atoms with Crippen LogP contribution < -0.4 is 10.1 Å². The minimum atomic E-state index is -0.212. The molecule has 0 unspecified atom stereocenters. The highest BCUT2D eigenvalue weighted by Crippen LogP contribution is 2.16. The first kappa shape index (κ1) is 12.7. The molecule has 1 aliphatic heterocycles. The van der Waals surface area contributed by atoms with Gasteiger partial charge in [-0.15, -0.1) is 0 Å². The fourth-order valence-electron chi connectivity index (χ4n) is 2.21. The topological polar surface area (TPSA) is 92.0 Å². The van der Waals surface area contributed by atoms with Gasteiger partial charge in [0.15, 0.2) is 5.75 Å². The van der Waals surface area contributed by atoms with Gasteiger partial charge in [0.25, 0.3) is 5.91 Å². The monoisotopic (exact) mass is 276 g/mol. The van der Waals surface area contributed by atoms with Crippen LogP contribution in [0.15, 0.2) is 24.7 Å². The van der Waals surface area contributed by atoms with Crippen molar-refractivity contribution in [3.05, 3.63) is 35.9 Å². The number of aromatic nitrogens is 3. The third-order valence-corrected chi connectivity index (χ3v) is 3.30. The highest BCUT2D eigenvalue weighted by atomic mass is 16.5. The maximum atomic E-state index is 12.2. The van der Waals surface area contributed by atoms with Gasteiger partial charge < -0.3 is 19.8 Å². The van der Waals surface area contributed by atoms with Gasteiger partial charge >= 0.3 is 0 Å². The second-order valence-corrected chi connectivity index (χ2v) is 4.72. The molecule has 0 aliphatic carbocycles. The number of carbonyl (C=O) groups excluding carboxylic acids is 1. The fourth-order valence-corrected chi connectivity index (χ4v) is 2.21. The van der Waals surface area contributed by atoms with Gasteiger partial charge in [0.1, 0.15) is 6.10 Å². The SMILES string of the molecule is Cc1[nH]ccc1C(=O)N[C@H]1COC[C@H]1Oc1cn[nH]c1. The van der Waals surface area contributed by atoms with E-state index in [2.05, 4.69) is 20.5 Å². The molecular formula is C13H16N4O3. The van der Waals surface area contributed by atoms with Crippen LogP contribution >= 0.6 is 0 Å². The average molecular weight is 276 g/mol. The average Bonchev–Trinajstić information content (AvgIpc) is 3.13. The lowest BCUT2D eigenvalue weighted by atomic mass is 10.1. The van der Waals surface area contributed by atoms with Crippen LogP contribution in [0.3, 0.4) is 0 Å². The number of rotatable bonds is 4. The molecule has 7 heteroatoms. The molecule has 0 bridgehead atoms. The molecule has 0 saturated carbocycles. The number of aromatic amines is 2. The Morgan fingerprint density at radius 1 is 1.55 bits per heavy atom. The number of nitrogens with zero attached hydrogens (tertiary/aromatic N) is 1. The summed E-state index contributed by atoms with van der Waals surface area (Å²) in [6.07, 6.45) is 4.78. The smallest absolute Gasteiger partial charge is 0.253 e. The summed E-state index contributed by atoms with van der Waals surface area (Å²) >= 11 is 0. The molecule has 1 saturated heterocycles. The summed E-state index contributed by atoms with van der Waals surface area (Å²) < 4.78 is 11.1. The van der Waals surface area contributed by atoms with Crippen molar-refractivity contribution >= 4 is 5.91 Å². The minimum Gasteiger partial charge on any atom is -0.482 e. The molecule has 1 fully saturated rings. The predicted octanol–water partition coefficient (Wildman–Crippen LogP) is 0.622. The second kappa shape index (κ2) is 5.38. The van der Waals surface area contributed by atoms with Crippen molar-refractivity contribution in [1.29, 1.82) is 0 Å². The molecule has 1 amide bonds. The van der Waals surface area contributed by atoms with Crippen LogP contribution in [0, 0.1) is 6.92 Å². The van der Waals surface area contributed by atoms with Gasteiger partial charge in [-0.05, 0) is 13.0 Å². The van der Waals surface area contributed by atoms with E-state index in [0.717, 1.165) is 5.69 Å². The van der Waals surface area contributed by atoms with E-state index >= 15 is 0 Å². The maximum absolute atomic E-state index is 12.2. The Bertz CT molecular complexity index is 578. The standard InChI is InChI=1S/C13H16N4O3/c1-8-10(2-3-14-8)13(18)17-11-6-19-7-12(11)20-9-4-15-16-5-9/h2-5,11-12,14H,6-7H2,1H3,(H,15,16)(H,17,18)/t11-,12+/m0/s1. The lowest BCUT2D eigenvalue weighted by molar-refractivity contribution is 0.0903. The molecule has 3 heterocycles. The van der Waals surface area contributed by atoms with Gasteiger partial charge in [-0.1, -0.05) is 0 Å². The number of hydrogen-bond acceptors (Lipinski definition) is 4. The van der Waals surface area contributed by atoms with Crippen LogP contribution in [0.25, 0.3) is 0 Å². The number of carbonyl (C=O) groups is 1. The predicted molar refractivity (Wildman–Crippen MR) is 70.6 cm³/mol. The molecule has 106 valence electrons. The van der Waals surface area contributed by atoms with Crippen molar-refractivity contribution in [2.75, 3.05) is 13.2 Å². The quantitative estimate of drug-likeness (QED) is 0.763. The van der Waals surface area contributed by atoms with Gasteiger partial charge in [0.2, 0.25) is 0 Å². The summed E-state index contributed by atoms with van der Waals surface area (Å²) in [5.41, 5.74) is 1.48. The van der Waals surface area contributed by atoms with Gasteiger partial charge in [0.05, 0.1) is 37.2 Å². The Morgan fingerprint density at radius 3 is 3.15 bits per heavy atom. The van der Waals surface area contributed by atoms with Crippen LogP contribution in [0.2, 0.25) is 0 Å². The largest absolute Gasteiger partial charge is 0.482 e. The lowest BCUT2D eigenvalue weighted by Crippen LogP contribution is -2.45. The van der Waals surface area contributed by atoms with Crippen molar-refractivity contribution < 1.29 is 14.3 Å². The van der Waals surface area contributed by atoms with Crippen molar-refractivity contribution in [1.82, 2.24) is 20.5 Å². The van der Waals surface area contributed by atoms with Crippen LogP contribution in [-0.2, 0) is 4.74 Å². The number of H-pyrrole nitrogens is 2. The van der Waals surface area contributed by atoms with E-state index in [4.69, 9.17) is 9.47 Å². The number of ether oxygens (including phenoxy) is 2. The van der Waals surface area contributed by atoms with E-state index in [1.54, 1.807) is 24.7 Å². The highest BCUT2D eigenvalue weighted by molar-refractivity contribution is 5.95. The van der Waals surface area contributed by atoms with E-state index < -0.39 is 0 Å². The Balaban J connectivity index is 1.64. The number of aryl methyl sites for hydroxylation is 1. The third kappa shape index (κ3) is 2.53. The Morgan fingerprint density at radius 2 is 2.45 bits per heavy atom. The second-order valence-electron chi connectivity index (χ2n) is 4.72. The van der Waals surface area contributed by atoms with Crippen LogP contribution in [-0.4, -0.2) is 46.4 Å². The van der Waals surface area contributed by atoms with E-state index in [1.165, 1.54) is 0 Å². The van der Waals surface area contributed by atoms with E-state index in [-0.39, 0.29) is 18.1 Å². The molecular weight excluding hydrogens is 260 g/mol. The molecule has 3 rings (SSSR count). The van der Waals surface area contributed by atoms with Gasteiger partial charge in [-0.2, -0.15) is 5.10 Å². The molecule has 3 N–H and O–H groups in total. The Labute approximate surface area is 115 Å². The van der Waals surface area contributed by atoms with Crippen molar-refractivity contribution in [3.8, 4) is 5.75 Å². The molecule has 0 radical (unpaired) electrons. The zero-order valence-electron chi connectivity index (χ0n) is 11.1. The third-order valence-electron chi connectivity index (χ3n) is 3.30. The molecule has 20 heavy (non-hydrogen) atoms. The molecule has 2 aromatic rings. The zero-order valence-corrected chi connectivity index (χ0v) is 11.1. The summed E-state index contributed by atoms with van der Waals surface area (Å²) in [6, 6.07) is 1.58. The Kier molecular flexibility index (Phi) is 3.42. The van der Waals surface area contributed by atoms with E-state index in [0.29, 0.717) is 24.5 Å². The van der Waals surface area contributed by atoms with Gasteiger partial charge in [0, 0.05) is 11.9 Å². The molecule has 7 nitrogen and oxygen atoms in total. The Hall–Kier alpha value is -2.28. The zero-order chi connectivity index (χ0) is 13.9. The summed E-state index contributed by atoms with van der Waals surface area (Å²) in [7, 11) is 0. The summed E-state index contributed by atoms with van der Waals surface area (Å²) in [6.45, 7) is 2.75. The van der Waals surface area contributed by atoms with Gasteiger partial charge in [-0.25, -0.2) is 0 Å². The number of nitrogens with one attached hydrogen (secondary N) is 3. The molecule has 2 atom stereocenters. The number of hydrogen-bond donors (Lipinski definition) is 3. The van der Waals surface area contributed by atoms with Crippen LogP contribution in [0.5, 0.6) is 5.75 Å². The first-order chi connectivity index (χ1) is 9.74. The minimum absolute atomic E-state index is 0.125. The lowest BCUT2D eigenvalue weighted by Gasteiger charge is -2.19. The molecule has 2 aromatic heterocycles. The normalized spacial score (nSPS) is 21.9. The van der Waals surface area contributed by atoms with Crippen LogP contribution in [0.4, 0.5) is 0 Å². The summed E-state index contributed by atoms with van der Waals surface area (Å²) in [5, 5.41) is 9.45. The van der Waals surface area contributed by atoms with Gasteiger partial charge in [-0.3, -0.25) is 9.89 Å². The highest BCUT2D eigenvalue weighted by Gasteiger charge is 2.32. The molecule has 0 aromatic carbocycles. The van der Waals surface area contributed by atoms with E-state index in [1.807, 2.05) is 6.92 Å². The molecule has 1 aliphatic rings. The van der Waals surface area contributed by atoms with Crippen molar-refractivity contribution in [3.63, 3.8) is 0 Å². The number of amides is 1.